The van der Waals surface area contributed by atoms with Crippen LogP contribution in [-0.4, -0.2) is 52.9 Å². The first-order chi connectivity index (χ1) is 11.5. The number of rotatable bonds is 9. The highest BCUT2D eigenvalue weighted by atomic mass is 32.2. The van der Waals surface area contributed by atoms with Gasteiger partial charge in [0.15, 0.2) is 11.5 Å². The van der Waals surface area contributed by atoms with E-state index in [1.54, 1.807) is 14.2 Å². The number of nitrogens with one attached hydrogen (secondary N) is 1. The molecule has 0 aromatic heterocycles. The molecule has 0 spiro atoms. The molecule has 1 N–H and O–H groups in total. The van der Waals surface area contributed by atoms with E-state index in [1.165, 1.54) is 0 Å². The normalized spacial score (nSPS) is 17.0. The summed E-state index contributed by atoms with van der Waals surface area (Å²) in [7, 11) is -0.0123. The Labute approximate surface area is 145 Å². The second-order valence-electron chi connectivity index (χ2n) is 6.04. The van der Waals surface area contributed by atoms with Crippen molar-refractivity contribution in [1.29, 1.82) is 0 Å². The Morgan fingerprint density at radius 2 is 1.83 bits per heavy atom. The van der Waals surface area contributed by atoms with Crippen LogP contribution in [0.1, 0.15) is 37.8 Å². The molecule has 7 heteroatoms. The van der Waals surface area contributed by atoms with Crippen LogP contribution in [0.25, 0.3) is 0 Å². The van der Waals surface area contributed by atoms with E-state index < -0.39 is 10.0 Å². The van der Waals surface area contributed by atoms with Crippen molar-refractivity contribution in [2.24, 2.45) is 0 Å². The molecule has 2 rings (SSSR count). The maximum absolute atomic E-state index is 12.0. The van der Waals surface area contributed by atoms with Gasteiger partial charge in [-0.05, 0) is 50.0 Å². The van der Waals surface area contributed by atoms with Gasteiger partial charge in [0.2, 0.25) is 10.0 Å². The Bertz CT molecular complexity index is 627. The van der Waals surface area contributed by atoms with Crippen LogP contribution in [0.4, 0.5) is 0 Å². The zero-order valence-electron chi connectivity index (χ0n) is 14.7. The Balaban J connectivity index is 2.23. The lowest BCUT2D eigenvalue weighted by Gasteiger charge is -2.28. The van der Waals surface area contributed by atoms with Gasteiger partial charge < -0.3 is 9.47 Å². The van der Waals surface area contributed by atoms with Gasteiger partial charge in [-0.15, -0.1) is 0 Å². The molecular formula is C17H28N2O4S. The molecule has 0 radical (unpaired) electrons. The van der Waals surface area contributed by atoms with E-state index >= 15 is 0 Å². The minimum atomic E-state index is -3.23. The molecule has 24 heavy (non-hydrogen) atoms. The van der Waals surface area contributed by atoms with Crippen LogP contribution in [0.2, 0.25) is 0 Å². The fourth-order valence-electron chi connectivity index (χ4n) is 3.12. The number of hydrogen-bond donors (Lipinski definition) is 1. The zero-order chi connectivity index (χ0) is 17.6. The van der Waals surface area contributed by atoms with Crippen molar-refractivity contribution in [3.05, 3.63) is 23.8 Å². The fourth-order valence-corrected chi connectivity index (χ4v) is 4.21. The first-order valence-electron chi connectivity index (χ1n) is 8.44. The number of nitrogens with zero attached hydrogens (tertiary/aromatic N) is 1. The van der Waals surface area contributed by atoms with Gasteiger partial charge in [-0.2, -0.15) is 0 Å². The summed E-state index contributed by atoms with van der Waals surface area (Å²) in [6, 6.07) is 5.80. The predicted octanol–water partition coefficient (Wildman–Crippen LogP) is 2.17. The Kier molecular flexibility index (Phi) is 6.89. The van der Waals surface area contributed by atoms with Gasteiger partial charge in [0.25, 0.3) is 0 Å². The zero-order valence-corrected chi connectivity index (χ0v) is 15.6. The molecule has 1 aromatic rings. The Hall–Kier alpha value is -1.31. The minimum absolute atomic E-state index is 0.000984. The first kappa shape index (κ1) is 19.0. The second kappa shape index (κ2) is 8.69. The Morgan fingerprint density at radius 3 is 2.42 bits per heavy atom. The van der Waals surface area contributed by atoms with E-state index in [2.05, 4.69) is 9.62 Å². The van der Waals surface area contributed by atoms with Gasteiger partial charge in [0, 0.05) is 12.6 Å². The van der Waals surface area contributed by atoms with Crippen LogP contribution >= 0.6 is 0 Å². The predicted molar refractivity (Wildman–Crippen MR) is 95.2 cm³/mol. The molecule has 0 amide bonds. The SMILES string of the molecule is CCCS(=O)(=O)NCC(c1ccc(OC)c(OC)c1)N1CCCC1. The molecule has 1 aromatic carbocycles. The van der Waals surface area contributed by atoms with E-state index in [0.717, 1.165) is 31.5 Å². The highest BCUT2D eigenvalue weighted by Crippen LogP contribution is 2.33. The lowest BCUT2D eigenvalue weighted by atomic mass is 10.0. The van der Waals surface area contributed by atoms with E-state index in [0.29, 0.717) is 24.5 Å². The van der Waals surface area contributed by atoms with E-state index in [4.69, 9.17) is 9.47 Å². The molecule has 0 bridgehead atoms. The standard InChI is InChI=1S/C17H28N2O4S/c1-4-11-24(20,21)18-13-15(19-9-5-6-10-19)14-7-8-16(22-2)17(12-14)23-3/h7-8,12,15,18H,4-6,9-11,13H2,1-3H3. The Morgan fingerprint density at radius 1 is 1.17 bits per heavy atom. The second-order valence-corrected chi connectivity index (χ2v) is 7.97. The third-order valence-electron chi connectivity index (χ3n) is 4.34. The fraction of sp³-hybridized carbons (Fsp3) is 0.647. The molecule has 136 valence electrons. The largest absolute Gasteiger partial charge is 0.493 e. The summed E-state index contributed by atoms with van der Waals surface area (Å²) in [5.74, 6) is 1.50. The van der Waals surface area contributed by atoms with Crippen molar-refractivity contribution in [2.75, 3.05) is 39.6 Å². The van der Waals surface area contributed by atoms with Crippen molar-refractivity contribution in [2.45, 2.75) is 32.2 Å². The van der Waals surface area contributed by atoms with Crippen molar-refractivity contribution >= 4 is 10.0 Å². The van der Waals surface area contributed by atoms with Crippen LogP contribution in [0.15, 0.2) is 18.2 Å². The van der Waals surface area contributed by atoms with Crippen molar-refractivity contribution in [1.82, 2.24) is 9.62 Å². The van der Waals surface area contributed by atoms with Gasteiger partial charge in [-0.1, -0.05) is 13.0 Å². The average Bonchev–Trinajstić information content (AvgIpc) is 3.09. The van der Waals surface area contributed by atoms with Crippen LogP contribution < -0.4 is 14.2 Å². The summed E-state index contributed by atoms with van der Waals surface area (Å²) in [4.78, 5) is 2.33. The average molecular weight is 356 g/mol. The molecule has 1 atom stereocenters. The summed E-state index contributed by atoms with van der Waals surface area (Å²) in [5, 5.41) is 0. The van der Waals surface area contributed by atoms with E-state index in [-0.39, 0.29) is 11.8 Å². The van der Waals surface area contributed by atoms with Gasteiger partial charge in [-0.25, -0.2) is 13.1 Å². The number of hydrogen-bond acceptors (Lipinski definition) is 5. The maximum atomic E-state index is 12.0. The molecule has 1 unspecified atom stereocenters. The van der Waals surface area contributed by atoms with Gasteiger partial charge in [-0.3, -0.25) is 4.90 Å². The van der Waals surface area contributed by atoms with Crippen LogP contribution in [0.5, 0.6) is 11.5 Å². The first-order valence-corrected chi connectivity index (χ1v) is 10.1. The molecule has 6 nitrogen and oxygen atoms in total. The number of likely N-dealkylation sites (tertiary alicyclic amines) is 1. The molecule has 1 aliphatic heterocycles. The van der Waals surface area contributed by atoms with Gasteiger partial charge >= 0.3 is 0 Å². The maximum Gasteiger partial charge on any atom is 0.211 e. The molecule has 0 saturated carbocycles. The molecular weight excluding hydrogens is 328 g/mol. The smallest absolute Gasteiger partial charge is 0.211 e. The summed E-state index contributed by atoms with van der Waals surface area (Å²) < 4.78 is 37.5. The number of sulfonamides is 1. The van der Waals surface area contributed by atoms with Crippen LogP contribution in [0, 0.1) is 0 Å². The third kappa shape index (κ3) is 4.84. The topological polar surface area (TPSA) is 67.9 Å². The van der Waals surface area contributed by atoms with Crippen LogP contribution in [-0.2, 0) is 10.0 Å². The molecule has 1 fully saturated rings. The highest BCUT2D eigenvalue weighted by Gasteiger charge is 2.25. The monoisotopic (exact) mass is 356 g/mol. The third-order valence-corrected chi connectivity index (χ3v) is 5.90. The summed E-state index contributed by atoms with van der Waals surface area (Å²) in [5.41, 5.74) is 1.04. The minimum Gasteiger partial charge on any atom is -0.493 e. The molecule has 1 saturated heterocycles. The summed E-state index contributed by atoms with van der Waals surface area (Å²) in [6.07, 6.45) is 2.90. The van der Waals surface area contributed by atoms with E-state index in [9.17, 15) is 8.42 Å². The molecule has 0 aliphatic carbocycles. The number of methoxy groups -OCH3 is 2. The quantitative estimate of drug-likeness (QED) is 0.734. The highest BCUT2D eigenvalue weighted by molar-refractivity contribution is 7.89. The summed E-state index contributed by atoms with van der Waals surface area (Å²) in [6.45, 7) is 4.20. The molecule has 1 aliphatic rings. The summed E-state index contributed by atoms with van der Waals surface area (Å²) >= 11 is 0. The number of ether oxygens (including phenoxy) is 2. The van der Waals surface area contributed by atoms with Crippen molar-refractivity contribution < 1.29 is 17.9 Å². The lowest BCUT2D eigenvalue weighted by molar-refractivity contribution is 0.245. The van der Waals surface area contributed by atoms with Gasteiger partial charge in [0.05, 0.1) is 20.0 Å². The van der Waals surface area contributed by atoms with Crippen LogP contribution in [0.3, 0.4) is 0 Å². The van der Waals surface area contributed by atoms with Gasteiger partial charge in [0.1, 0.15) is 0 Å². The van der Waals surface area contributed by atoms with E-state index in [1.807, 2.05) is 25.1 Å². The van der Waals surface area contributed by atoms with Crippen molar-refractivity contribution in [3.63, 3.8) is 0 Å². The van der Waals surface area contributed by atoms with Crippen molar-refractivity contribution in [3.8, 4) is 11.5 Å². The molecule has 1 heterocycles. The lowest BCUT2D eigenvalue weighted by Crippen LogP contribution is -2.37. The number of benzene rings is 1.